The van der Waals surface area contributed by atoms with Gasteiger partial charge in [0.05, 0.1) is 11.9 Å². The molecular weight excluding hydrogens is 302 g/mol. The summed E-state index contributed by atoms with van der Waals surface area (Å²) in [5.74, 6) is 0.304. The fourth-order valence-electron chi connectivity index (χ4n) is 2.76. The van der Waals surface area contributed by atoms with Crippen molar-refractivity contribution in [2.45, 2.75) is 19.8 Å². The van der Waals surface area contributed by atoms with Gasteiger partial charge in [-0.2, -0.15) is 5.10 Å². The van der Waals surface area contributed by atoms with Gasteiger partial charge in [0.1, 0.15) is 12.0 Å². The van der Waals surface area contributed by atoms with Gasteiger partial charge >= 0.3 is 0 Å². The molecule has 2 aromatic heterocycles. The number of aryl methyl sites for hydroxylation is 1. The Morgan fingerprint density at radius 3 is 2.77 bits per heavy atom. The molecule has 1 aliphatic rings. The fraction of sp³-hybridized carbons (Fsp3) is 0.500. The van der Waals surface area contributed by atoms with E-state index < -0.39 is 10.0 Å². The average Bonchev–Trinajstić information content (AvgIpc) is 3.08. The van der Waals surface area contributed by atoms with Crippen molar-refractivity contribution in [3.63, 3.8) is 0 Å². The van der Waals surface area contributed by atoms with Gasteiger partial charge in [0, 0.05) is 24.5 Å². The molecule has 0 saturated carbocycles. The van der Waals surface area contributed by atoms with Crippen molar-refractivity contribution in [2.24, 2.45) is 5.92 Å². The van der Waals surface area contributed by atoms with Crippen LogP contribution in [-0.4, -0.2) is 52.2 Å². The van der Waals surface area contributed by atoms with Crippen molar-refractivity contribution in [3.8, 4) is 11.4 Å². The van der Waals surface area contributed by atoms with Gasteiger partial charge in [0.15, 0.2) is 0 Å². The lowest BCUT2D eigenvalue weighted by Crippen LogP contribution is -2.27. The molecule has 0 bridgehead atoms. The number of H-pyrrole nitrogens is 1. The quantitative estimate of drug-likeness (QED) is 0.907. The van der Waals surface area contributed by atoms with Crippen LogP contribution in [0.2, 0.25) is 0 Å². The largest absolute Gasteiger partial charge is 0.282 e. The van der Waals surface area contributed by atoms with E-state index in [4.69, 9.17) is 0 Å². The van der Waals surface area contributed by atoms with Crippen LogP contribution in [0, 0.1) is 12.8 Å². The molecule has 1 fully saturated rings. The fourth-order valence-corrected chi connectivity index (χ4v) is 3.68. The molecule has 2 aromatic rings. The maximum absolute atomic E-state index is 11.6. The molecule has 1 N–H and O–H groups in total. The molecule has 1 atom stereocenters. The molecule has 0 aromatic carbocycles. The SMILES string of the molecule is Cc1cc(-c2cc(CC3CCN(S(C)(=O)=O)C3)ncn2)n[nH]1. The van der Waals surface area contributed by atoms with E-state index in [2.05, 4.69) is 20.2 Å². The average molecular weight is 321 g/mol. The highest BCUT2D eigenvalue weighted by Crippen LogP contribution is 2.23. The van der Waals surface area contributed by atoms with Crippen molar-refractivity contribution in [2.75, 3.05) is 19.3 Å². The molecule has 7 nitrogen and oxygen atoms in total. The Balaban J connectivity index is 1.72. The lowest BCUT2D eigenvalue weighted by Gasteiger charge is -2.13. The third-order valence-corrected chi connectivity index (χ3v) is 5.18. The van der Waals surface area contributed by atoms with Crippen LogP contribution in [0.4, 0.5) is 0 Å². The Kier molecular flexibility index (Phi) is 3.96. The molecule has 0 spiro atoms. The summed E-state index contributed by atoms with van der Waals surface area (Å²) >= 11 is 0. The summed E-state index contributed by atoms with van der Waals surface area (Å²) in [6, 6.07) is 3.87. The maximum atomic E-state index is 11.6. The molecule has 0 aliphatic carbocycles. The summed E-state index contributed by atoms with van der Waals surface area (Å²) in [5, 5.41) is 7.10. The van der Waals surface area contributed by atoms with Gasteiger partial charge in [-0.15, -0.1) is 0 Å². The van der Waals surface area contributed by atoms with Crippen molar-refractivity contribution < 1.29 is 8.42 Å². The van der Waals surface area contributed by atoms with Crippen LogP contribution < -0.4 is 0 Å². The van der Waals surface area contributed by atoms with E-state index in [1.165, 1.54) is 16.9 Å². The third-order valence-electron chi connectivity index (χ3n) is 3.91. The minimum atomic E-state index is -3.09. The van der Waals surface area contributed by atoms with E-state index in [1.807, 2.05) is 19.1 Å². The highest BCUT2D eigenvalue weighted by atomic mass is 32.2. The molecule has 22 heavy (non-hydrogen) atoms. The number of hydrogen-bond acceptors (Lipinski definition) is 5. The van der Waals surface area contributed by atoms with Crippen LogP contribution in [0.5, 0.6) is 0 Å². The first kappa shape index (κ1) is 15.1. The summed E-state index contributed by atoms with van der Waals surface area (Å²) in [6.07, 6.45) is 4.43. The normalized spacial score (nSPS) is 19.6. The summed E-state index contributed by atoms with van der Waals surface area (Å²) < 4.78 is 24.7. The number of aromatic amines is 1. The van der Waals surface area contributed by atoms with Crippen molar-refractivity contribution in [1.29, 1.82) is 0 Å². The molecule has 0 radical (unpaired) electrons. The lowest BCUT2D eigenvalue weighted by molar-refractivity contribution is 0.459. The van der Waals surface area contributed by atoms with Gasteiger partial charge in [-0.3, -0.25) is 5.10 Å². The molecule has 0 amide bonds. The Hall–Kier alpha value is -1.80. The number of aromatic nitrogens is 4. The van der Waals surface area contributed by atoms with Crippen molar-refractivity contribution in [1.82, 2.24) is 24.5 Å². The topological polar surface area (TPSA) is 91.8 Å². The maximum Gasteiger partial charge on any atom is 0.211 e. The zero-order valence-corrected chi connectivity index (χ0v) is 13.5. The van der Waals surface area contributed by atoms with Gasteiger partial charge < -0.3 is 0 Å². The molecular formula is C14H19N5O2S. The molecule has 3 rings (SSSR count). The Labute approximate surface area is 129 Å². The van der Waals surface area contributed by atoms with Crippen LogP contribution in [0.1, 0.15) is 17.8 Å². The van der Waals surface area contributed by atoms with E-state index in [0.717, 1.165) is 35.6 Å². The van der Waals surface area contributed by atoms with Gasteiger partial charge in [-0.05, 0) is 37.8 Å². The zero-order chi connectivity index (χ0) is 15.7. The van der Waals surface area contributed by atoms with Gasteiger partial charge in [-0.25, -0.2) is 22.7 Å². The first-order chi connectivity index (χ1) is 10.4. The van der Waals surface area contributed by atoms with Crippen molar-refractivity contribution >= 4 is 10.0 Å². The van der Waals surface area contributed by atoms with Gasteiger partial charge in [0.2, 0.25) is 10.0 Å². The molecule has 1 unspecified atom stereocenters. The minimum absolute atomic E-state index is 0.304. The monoisotopic (exact) mass is 321 g/mol. The third kappa shape index (κ3) is 3.33. The van der Waals surface area contributed by atoms with Crippen LogP contribution in [0.25, 0.3) is 11.4 Å². The van der Waals surface area contributed by atoms with E-state index in [1.54, 1.807) is 0 Å². The minimum Gasteiger partial charge on any atom is -0.282 e. The van der Waals surface area contributed by atoms with Crippen LogP contribution in [-0.2, 0) is 16.4 Å². The number of nitrogens with zero attached hydrogens (tertiary/aromatic N) is 4. The molecule has 118 valence electrons. The van der Waals surface area contributed by atoms with Crippen LogP contribution in [0.3, 0.4) is 0 Å². The highest BCUT2D eigenvalue weighted by molar-refractivity contribution is 7.88. The first-order valence-corrected chi connectivity index (χ1v) is 9.05. The zero-order valence-electron chi connectivity index (χ0n) is 12.7. The van der Waals surface area contributed by atoms with Crippen LogP contribution >= 0.6 is 0 Å². The molecule has 3 heterocycles. The lowest BCUT2D eigenvalue weighted by atomic mass is 10.0. The number of rotatable bonds is 4. The second-order valence-electron chi connectivity index (χ2n) is 5.81. The Bertz CT molecular complexity index is 771. The predicted molar refractivity (Wildman–Crippen MR) is 82.6 cm³/mol. The summed E-state index contributed by atoms with van der Waals surface area (Å²) in [5.41, 5.74) is 3.48. The molecule has 1 aliphatic heterocycles. The second kappa shape index (κ2) is 5.77. The van der Waals surface area contributed by atoms with E-state index in [-0.39, 0.29) is 0 Å². The highest BCUT2D eigenvalue weighted by Gasteiger charge is 2.28. The summed E-state index contributed by atoms with van der Waals surface area (Å²) in [7, 11) is -3.09. The van der Waals surface area contributed by atoms with E-state index >= 15 is 0 Å². The molecule has 8 heteroatoms. The Morgan fingerprint density at radius 1 is 1.32 bits per heavy atom. The van der Waals surface area contributed by atoms with E-state index in [0.29, 0.717) is 19.0 Å². The number of hydrogen-bond donors (Lipinski definition) is 1. The number of sulfonamides is 1. The van der Waals surface area contributed by atoms with Crippen molar-refractivity contribution in [3.05, 3.63) is 29.8 Å². The smallest absolute Gasteiger partial charge is 0.211 e. The standard InChI is InChI=1S/C14H19N5O2S/c1-10-5-14(18-17-10)13-7-12(15-9-16-13)6-11-3-4-19(8-11)22(2,20)21/h5,7,9,11H,3-4,6,8H2,1-2H3,(H,17,18). The summed E-state index contributed by atoms with van der Waals surface area (Å²) in [6.45, 7) is 3.11. The van der Waals surface area contributed by atoms with Crippen LogP contribution in [0.15, 0.2) is 18.5 Å². The van der Waals surface area contributed by atoms with Gasteiger partial charge in [-0.1, -0.05) is 0 Å². The predicted octanol–water partition coefficient (Wildman–Crippen LogP) is 0.999. The Morgan fingerprint density at radius 2 is 2.14 bits per heavy atom. The second-order valence-corrected chi connectivity index (χ2v) is 7.79. The molecule has 1 saturated heterocycles. The van der Waals surface area contributed by atoms with E-state index in [9.17, 15) is 8.42 Å². The first-order valence-electron chi connectivity index (χ1n) is 7.20. The number of nitrogens with one attached hydrogen (secondary N) is 1. The summed E-state index contributed by atoms with van der Waals surface area (Å²) in [4.78, 5) is 8.56. The van der Waals surface area contributed by atoms with Gasteiger partial charge in [0.25, 0.3) is 0 Å².